The van der Waals surface area contributed by atoms with Crippen molar-refractivity contribution in [3.05, 3.63) is 18.2 Å². The topological polar surface area (TPSA) is 8.81 Å². The van der Waals surface area contributed by atoms with E-state index >= 15 is 0 Å². The molecule has 0 unspecified atom stereocenters. The highest BCUT2D eigenvalue weighted by Crippen LogP contribution is 2.17. The summed E-state index contributed by atoms with van der Waals surface area (Å²) in [6.45, 7) is 9.42. The Morgan fingerprint density at radius 1 is 0.309 bits per heavy atom. The summed E-state index contributed by atoms with van der Waals surface area (Å²) < 4.78 is 5.32. The fraction of sp³-hybridized carbons (Fsp3) is 0.943. The maximum atomic E-state index is 2.66. The van der Waals surface area contributed by atoms with Gasteiger partial charge in [0.1, 0.15) is 12.4 Å². The fourth-order valence-corrected chi connectivity index (χ4v) is 8.98. The van der Waals surface area contributed by atoms with Crippen molar-refractivity contribution in [2.45, 2.75) is 323 Å². The largest absolute Gasteiger partial charge is 0.256 e. The summed E-state index contributed by atoms with van der Waals surface area (Å²) in [7, 11) is 0. The third-order valence-corrected chi connectivity index (χ3v) is 12.8. The van der Waals surface area contributed by atoms with Gasteiger partial charge in [-0.3, -0.25) is 0 Å². The zero-order valence-electron chi connectivity index (χ0n) is 38.8. The highest BCUT2D eigenvalue weighted by atomic mass is 15.1. The zero-order chi connectivity index (χ0) is 39.4. The Kier molecular flexibility index (Phi) is 42.1. The number of rotatable bonds is 47. The third kappa shape index (κ3) is 36.1. The van der Waals surface area contributed by atoms with Gasteiger partial charge in [0, 0.05) is 6.42 Å². The summed E-state index contributed by atoms with van der Waals surface area (Å²) in [6, 6.07) is 0. The molecule has 0 amide bonds. The Bertz CT molecular complexity index is 841. The van der Waals surface area contributed by atoms with Gasteiger partial charge in [-0.2, -0.15) is 0 Å². The van der Waals surface area contributed by atoms with E-state index in [0.717, 1.165) is 0 Å². The van der Waals surface area contributed by atoms with E-state index in [0.29, 0.717) is 0 Å². The number of hydrogen-bond acceptors (Lipinski definition) is 0. The first-order valence-electron chi connectivity index (χ1n) is 26.4. The standard InChI is InChI=1S/C53H105N2/c1-4-7-10-13-16-19-22-24-26-28-30-32-35-38-41-44-47-50-55-52-51-54(49-46-43-40-37-34-21-18-15-12-9-6-3)53(55)48-45-42-39-36-33-31-29-27-25-23-20-17-14-11-8-5-2/h51-52H,4-50H2,1-3H3/q+1. The Labute approximate surface area is 349 Å². The second-order valence-corrected chi connectivity index (χ2v) is 18.3. The Balaban J connectivity index is 2.23. The van der Waals surface area contributed by atoms with Crippen LogP contribution in [0.4, 0.5) is 0 Å². The summed E-state index contributed by atoms with van der Waals surface area (Å²) in [6.07, 6.45) is 69.8. The molecule has 0 saturated carbocycles. The maximum Gasteiger partial charge on any atom is 0.256 e. The van der Waals surface area contributed by atoms with Gasteiger partial charge in [-0.15, -0.1) is 0 Å². The summed E-state index contributed by atoms with van der Waals surface area (Å²) in [5, 5.41) is 0. The molecule has 0 atom stereocenters. The van der Waals surface area contributed by atoms with E-state index < -0.39 is 0 Å². The van der Waals surface area contributed by atoms with Crippen molar-refractivity contribution >= 4 is 0 Å². The van der Waals surface area contributed by atoms with E-state index in [1.807, 2.05) is 0 Å². The molecule has 0 aliphatic carbocycles. The van der Waals surface area contributed by atoms with Gasteiger partial charge in [-0.25, -0.2) is 9.13 Å². The highest BCUT2D eigenvalue weighted by molar-refractivity contribution is 4.84. The molecule has 1 aromatic heterocycles. The third-order valence-electron chi connectivity index (χ3n) is 12.8. The molecule has 0 aliphatic rings. The van der Waals surface area contributed by atoms with Crippen LogP contribution < -0.4 is 4.57 Å². The number of imidazole rings is 1. The summed E-state index contributed by atoms with van der Waals surface area (Å²) in [5.74, 6) is 1.63. The van der Waals surface area contributed by atoms with Gasteiger partial charge >= 0.3 is 0 Å². The Morgan fingerprint density at radius 2 is 0.564 bits per heavy atom. The maximum absolute atomic E-state index is 2.66. The molecule has 0 fully saturated rings. The number of aromatic nitrogens is 2. The van der Waals surface area contributed by atoms with Crippen LogP contribution in [0.2, 0.25) is 0 Å². The van der Waals surface area contributed by atoms with Crippen LogP contribution in [0.25, 0.3) is 0 Å². The molecule has 326 valence electrons. The molecule has 0 saturated heterocycles. The molecular formula is C53H105N2+. The van der Waals surface area contributed by atoms with Crippen molar-refractivity contribution in [1.29, 1.82) is 0 Å². The minimum Gasteiger partial charge on any atom is -0.234 e. The highest BCUT2D eigenvalue weighted by Gasteiger charge is 2.16. The van der Waals surface area contributed by atoms with Gasteiger partial charge in [-0.05, 0) is 32.1 Å². The first kappa shape index (κ1) is 52.2. The predicted molar refractivity (Wildman–Crippen MR) is 249 cm³/mol. The molecule has 55 heavy (non-hydrogen) atoms. The normalized spacial score (nSPS) is 11.7. The Morgan fingerprint density at radius 3 is 0.873 bits per heavy atom. The van der Waals surface area contributed by atoms with Gasteiger partial charge in [0.25, 0.3) is 5.82 Å². The fourth-order valence-electron chi connectivity index (χ4n) is 8.98. The van der Waals surface area contributed by atoms with Crippen LogP contribution in [-0.4, -0.2) is 4.57 Å². The summed E-state index contributed by atoms with van der Waals surface area (Å²) in [4.78, 5) is 0. The second-order valence-electron chi connectivity index (χ2n) is 18.3. The first-order valence-corrected chi connectivity index (χ1v) is 26.4. The lowest BCUT2D eigenvalue weighted by Crippen LogP contribution is -2.37. The van der Waals surface area contributed by atoms with Crippen LogP contribution >= 0.6 is 0 Å². The average molecular weight is 770 g/mol. The van der Waals surface area contributed by atoms with E-state index in [9.17, 15) is 0 Å². The predicted octanol–water partition coefficient (Wildman–Crippen LogP) is 18.5. The molecule has 2 nitrogen and oxygen atoms in total. The molecule has 1 aromatic rings. The molecule has 0 aliphatic heterocycles. The van der Waals surface area contributed by atoms with Gasteiger partial charge in [0.05, 0.1) is 13.1 Å². The van der Waals surface area contributed by atoms with Crippen LogP contribution in [0, 0.1) is 0 Å². The number of nitrogens with zero attached hydrogens (tertiary/aromatic N) is 2. The molecule has 0 aromatic carbocycles. The van der Waals surface area contributed by atoms with Crippen molar-refractivity contribution in [1.82, 2.24) is 4.57 Å². The molecule has 0 N–H and O–H groups in total. The van der Waals surface area contributed by atoms with Crippen LogP contribution in [-0.2, 0) is 19.5 Å². The van der Waals surface area contributed by atoms with Crippen LogP contribution in [0.3, 0.4) is 0 Å². The lowest BCUT2D eigenvalue weighted by Gasteiger charge is -2.07. The summed E-state index contributed by atoms with van der Waals surface area (Å²) in [5.41, 5.74) is 0. The molecule has 0 radical (unpaired) electrons. The van der Waals surface area contributed by atoms with Crippen molar-refractivity contribution in [3.8, 4) is 0 Å². The van der Waals surface area contributed by atoms with Crippen LogP contribution in [0.15, 0.2) is 12.4 Å². The van der Waals surface area contributed by atoms with Crippen LogP contribution in [0.5, 0.6) is 0 Å². The van der Waals surface area contributed by atoms with Gasteiger partial charge in [0.15, 0.2) is 0 Å². The van der Waals surface area contributed by atoms with E-state index in [4.69, 9.17) is 0 Å². The number of aryl methyl sites for hydroxylation is 2. The van der Waals surface area contributed by atoms with Gasteiger partial charge in [0.2, 0.25) is 0 Å². The van der Waals surface area contributed by atoms with Crippen molar-refractivity contribution in [2.75, 3.05) is 0 Å². The minimum atomic E-state index is 1.23. The molecule has 2 heteroatoms. The SMILES string of the molecule is CCCCCCCCCCCCCCCCCCCn1cc[n+](CCCCCCCCCCCCC)c1CCCCCCCCCCCCCCCCCC. The smallest absolute Gasteiger partial charge is 0.234 e. The van der Waals surface area contributed by atoms with E-state index in [-0.39, 0.29) is 0 Å². The van der Waals surface area contributed by atoms with Crippen molar-refractivity contribution < 1.29 is 4.57 Å². The van der Waals surface area contributed by atoms with Crippen molar-refractivity contribution in [3.63, 3.8) is 0 Å². The summed E-state index contributed by atoms with van der Waals surface area (Å²) >= 11 is 0. The van der Waals surface area contributed by atoms with Crippen molar-refractivity contribution in [2.24, 2.45) is 0 Å². The van der Waals surface area contributed by atoms with Gasteiger partial charge in [-0.1, -0.05) is 271 Å². The Hall–Kier alpha value is -0.790. The minimum absolute atomic E-state index is 1.23. The average Bonchev–Trinajstić information content (AvgIpc) is 3.58. The van der Waals surface area contributed by atoms with E-state index in [1.54, 1.807) is 5.82 Å². The van der Waals surface area contributed by atoms with E-state index in [1.165, 1.54) is 302 Å². The number of unbranched alkanes of at least 4 members (excludes halogenated alkanes) is 41. The lowest BCUT2D eigenvalue weighted by atomic mass is 10.0. The lowest BCUT2D eigenvalue weighted by molar-refractivity contribution is -0.704. The molecule has 0 spiro atoms. The van der Waals surface area contributed by atoms with Gasteiger partial charge < -0.3 is 0 Å². The molecule has 1 heterocycles. The number of hydrogen-bond donors (Lipinski definition) is 0. The molecular weight excluding hydrogens is 665 g/mol. The zero-order valence-corrected chi connectivity index (χ0v) is 38.8. The quantitative estimate of drug-likeness (QED) is 0.0461. The molecule has 0 bridgehead atoms. The molecule has 1 rings (SSSR count). The van der Waals surface area contributed by atoms with E-state index in [2.05, 4.69) is 42.3 Å². The van der Waals surface area contributed by atoms with Crippen LogP contribution in [0.1, 0.15) is 309 Å². The monoisotopic (exact) mass is 770 g/mol. The second kappa shape index (κ2) is 44.3. The first-order chi connectivity index (χ1) is 27.3.